The first-order valence-electron chi connectivity index (χ1n) is 11.5. The van der Waals surface area contributed by atoms with Gasteiger partial charge >= 0.3 is 0 Å². The van der Waals surface area contributed by atoms with Crippen LogP contribution in [0.25, 0.3) is 16.5 Å². The molecule has 0 saturated heterocycles. The average Bonchev–Trinajstić information content (AvgIpc) is 2.93. The predicted octanol–water partition coefficient (Wildman–Crippen LogP) is 4.16. The molecular weight excluding hydrogens is 549 g/mol. The molecule has 1 aliphatic rings. The number of pyridine rings is 2. The van der Waals surface area contributed by atoms with E-state index in [1.54, 1.807) is 6.07 Å². The predicted molar refractivity (Wildman–Crippen MR) is 144 cm³/mol. The van der Waals surface area contributed by atoms with E-state index in [4.69, 9.17) is 21.1 Å². The number of benzene rings is 1. The van der Waals surface area contributed by atoms with E-state index in [0.717, 1.165) is 0 Å². The molecule has 0 amide bonds. The molecule has 2 atom stereocenters. The number of allylic oxidation sites excluding steroid dienone is 2. The number of nitrogens with one attached hydrogen (secondary N) is 1. The van der Waals surface area contributed by atoms with Crippen molar-refractivity contribution in [3.05, 3.63) is 100.0 Å². The van der Waals surface area contributed by atoms with Crippen LogP contribution in [-0.4, -0.2) is 48.3 Å². The van der Waals surface area contributed by atoms with Crippen molar-refractivity contribution in [1.29, 1.82) is 0 Å². The molecule has 1 unspecified atom stereocenters. The number of rotatable bonds is 7. The van der Waals surface area contributed by atoms with Crippen LogP contribution in [0.2, 0.25) is 5.02 Å². The van der Waals surface area contributed by atoms with Gasteiger partial charge in [-0.25, -0.2) is 32.5 Å². The molecule has 0 spiro atoms. The highest BCUT2D eigenvalue weighted by atomic mass is 35.5. The Morgan fingerprint density at radius 2 is 1.82 bits per heavy atom. The van der Waals surface area contributed by atoms with Crippen molar-refractivity contribution in [3.63, 3.8) is 0 Å². The lowest BCUT2D eigenvalue weighted by molar-refractivity contribution is 0.108. The Kier molecular flexibility index (Phi) is 7.17. The Morgan fingerprint density at radius 3 is 2.54 bits per heavy atom. The van der Waals surface area contributed by atoms with Crippen LogP contribution in [0.1, 0.15) is 11.6 Å². The molecule has 4 aromatic rings. The van der Waals surface area contributed by atoms with E-state index in [0.29, 0.717) is 21.5 Å². The number of hydrogen-bond acceptors (Lipinski definition) is 8. The molecule has 10 nitrogen and oxygen atoms in total. The number of sulfonamides is 1. The number of nitrogens with zero attached hydrogens (tertiary/aromatic N) is 4. The molecule has 0 radical (unpaired) electrons. The van der Waals surface area contributed by atoms with Crippen molar-refractivity contribution in [3.8, 4) is 5.88 Å². The zero-order chi connectivity index (χ0) is 27.7. The molecule has 0 saturated carbocycles. The maximum atomic E-state index is 15.6. The van der Waals surface area contributed by atoms with Crippen molar-refractivity contribution in [2.24, 2.45) is 0 Å². The Hall–Kier alpha value is -4.13. The summed E-state index contributed by atoms with van der Waals surface area (Å²) < 4.78 is 56.0. The third-order valence-corrected chi connectivity index (χ3v) is 7.65. The van der Waals surface area contributed by atoms with Crippen LogP contribution in [0.4, 0.5) is 10.3 Å². The van der Waals surface area contributed by atoms with Crippen LogP contribution >= 0.6 is 11.6 Å². The molecule has 5 rings (SSSR count). The highest BCUT2D eigenvalue weighted by Gasteiger charge is 2.30. The van der Waals surface area contributed by atoms with Gasteiger partial charge in [0.2, 0.25) is 11.8 Å². The average molecular weight is 570 g/mol. The Balaban J connectivity index is 1.57. The molecule has 3 aromatic heterocycles. The van der Waals surface area contributed by atoms with Crippen molar-refractivity contribution >= 4 is 44.0 Å². The lowest BCUT2D eigenvalue weighted by atomic mass is 9.94. The first-order valence-corrected chi connectivity index (χ1v) is 13.4. The lowest BCUT2D eigenvalue weighted by Gasteiger charge is -2.29. The molecular formula is C26H21ClFN5O5S. The van der Waals surface area contributed by atoms with E-state index in [-0.39, 0.29) is 22.3 Å². The first kappa shape index (κ1) is 26.5. The Morgan fingerprint density at radius 1 is 1.05 bits per heavy atom. The van der Waals surface area contributed by atoms with E-state index in [1.807, 2.05) is 0 Å². The zero-order valence-corrected chi connectivity index (χ0v) is 22.1. The molecule has 0 aliphatic heterocycles. The summed E-state index contributed by atoms with van der Waals surface area (Å²) in [5, 5.41) is 0.727. The van der Waals surface area contributed by atoms with Gasteiger partial charge in [-0.15, -0.1) is 0 Å². The number of ether oxygens (including phenoxy) is 2. The van der Waals surface area contributed by atoms with E-state index >= 15 is 4.39 Å². The van der Waals surface area contributed by atoms with Crippen LogP contribution in [-0.2, 0) is 14.8 Å². The van der Waals surface area contributed by atoms with Gasteiger partial charge in [0.1, 0.15) is 11.9 Å². The van der Waals surface area contributed by atoms with Gasteiger partial charge in [-0.3, -0.25) is 9.36 Å². The fourth-order valence-electron chi connectivity index (χ4n) is 4.36. The summed E-state index contributed by atoms with van der Waals surface area (Å²) in [6.45, 7) is 0. The number of anilines is 1. The smallest absolute Gasteiger partial charge is 0.264 e. The number of halogens is 2. The topological polar surface area (TPSA) is 125 Å². The lowest BCUT2D eigenvalue weighted by Crippen LogP contribution is -2.33. The summed E-state index contributed by atoms with van der Waals surface area (Å²) in [7, 11) is -1.17. The van der Waals surface area contributed by atoms with Gasteiger partial charge in [-0.1, -0.05) is 11.6 Å². The fourth-order valence-corrected chi connectivity index (χ4v) is 5.51. The van der Waals surface area contributed by atoms with Crippen molar-refractivity contribution in [1.82, 2.24) is 19.5 Å². The van der Waals surface area contributed by atoms with Gasteiger partial charge in [0, 0.05) is 42.9 Å². The summed E-state index contributed by atoms with van der Waals surface area (Å²) >= 11 is 6.09. The molecule has 3 heterocycles. The third-order valence-electron chi connectivity index (χ3n) is 6.12. The van der Waals surface area contributed by atoms with E-state index in [1.165, 1.54) is 85.9 Å². The first-order chi connectivity index (χ1) is 18.7. The van der Waals surface area contributed by atoms with E-state index in [9.17, 15) is 13.2 Å². The summed E-state index contributed by atoms with van der Waals surface area (Å²) in [5.74, 6) is -0.540. The minimum absolute atomic E-state index is 0.0657. The molecule has 0 bridgehead atoms. The molecule has 39 heavy (non-hydrogen) atoms. The standard InChI is InChI=1S/C26H21ClFN5O5S/c1-37-23-12-18(19-11-16(27)14-31-25(19)38-2)20(28)13-22(23)33-21-6-5-17(10-15(21)4-7-24(33)34)39(35,36)32-26-29-8-3-9-30-26/h3-14,22-23H,1-2H3,(H,29,30,32)/t22-,23?/m0/s1. The number of methoxy groups -OCH3 is 2. The third kappa shape index (κ3) is 5.13. The monoisotopic (exact) mass is 569 g/mol. The highest BCUT2D eigenvalue weighted by Crippen LogP contribution is 2.39. The summed E-state index contributed by atoms with van der Waals surface area (Å²) in [6.07, 6.45) is 6.23. The second-order valence-corrected chi connectivity index (χ2v) is 10.6. The summed E-state index contributed by atoms with van der Waals surface area (Å²) in [4.78, 5) is 24.9. The van der Waals surface area contributed by atoms with Crippen LogP contribution < -0.4 is 15.0 Å². The number of fused-ring (bicyclic) bond motifs is 1. The maximum Gasteiger partial charge on any atom is 0.264 e. The number of hydrogen-bond donors (Lipinski definition) is 1. The molecule has 0 fully saturated rings. The van der Waals surface area contributed by atoms with Gasteiger partial charge in [0.25, 0.3) is 15.6 Å². The quantitative estimate of drug-likeness (QED) is 0.352. The highest BCUT2D eigenvalue weighted by molar-refractivity contribution is 7.92. The number of aromatic nitrogens is 4. The summed E-state index contributed by atoms with van der Waals surface area (Å²) in [6, 6.07) is 9.23. The fraction of sp³-hybridized carbons (Fsp3) is 0.154. The normalized spacial score (nSPS) is 17.4. The maximum absolute atomic E-state index is 15.6. The van der Waals surface area contributed by atoms with Crippen LogP contribution in [0.3, 0.4) is 0 Å². The zero-order valence-electron chi connectivity index (χ0n) is 20.6. The van der Waals surface area contributed by atoms with E-state index in [2.05, 4.69) is 19.7 Å². The van der Waals surface area contributed by atoms with Crippen molar-refractivity contribution < 1.29 is 22.3 Å². The second kappa shape index (κ2) is 10.6. The molecule has 1 N–H and O–H groups in total. The molecule has 13 heteroatoms. The van der Waals surface area contributed by atoms with Crippen LogP contribution in [0.5, 0.6) is 5.88 Å². The SMILES string of the molecule is COc1ncc(Cl)cc1C1=CC(OC)[C@@H](n2c(=O)ccc3cc(S(=O)(=O)Nc4ncccn4)ccc32)C=C1F. The van der Waals surface area contributed by atoms with Crippen LogP contribution in [0.15, 0.2) is 88.7 Å². The van der Waals surface area contributed by atoms with Crippen LogP contribution in [0, 0.1) is 0 Å². The van der Waals surface area contributed by atoms with Crippen molar-refractivity contribution in [2.45, 2.75) is 17.0 Å². The minimum Gasteiger partial charge on any atom is -0.481 e. The Labute approximate surface area is 227 Å². The van der Waals surface area contributed by atoms with Gasteiger partial charge in [-0.2, -0.15) is 0 Å². The van der Waals surface area contributed by atoms with Gasteiger partial charge in [-0.05, 0) is 53.9 Å². The van der Waals surface area contributed by atoms with E-state index < -0.39 is 33.6 Å². The summed E-state index contributed by atoms with van der Waals surface area (Å²) in [5.41, 5.74) is 0.436. The second-order valence-electron chi connectivity index (χ2n) is 8.44. The molecule has 1 aliphatic carbocycles. The Bertz CT molecular complexity index is 1790. The van der Waals surface area contributed by atoms with Gasteiger partial charge in [0.15, 0.2) is 0 Å². The molecule has 200 valence electrons. The largest absolute Gasteiger partial charge is 0.481 e. The minimum atomic E-state index is -4.02. The van der Waals surface area contributed by atoms with Crippen molar-refractivity contribution in [2.75, 3.05) is 18.9 Å². The molecule has 1 aromatic carbocycles. The van der Waals surface area contributed by atoms with Gasteiger partial charge < -0.3 is 9.47 Å². The van der Waals surface area contributed by atoms with Gasteiger partial charge in [0.05, 0.1) is 28.6 Å².